The Morgan fingerprint density at radius 3 is 2.59 bits per heavy atom. The van der Waals surface area contributed by atoms with E-state index >= 15 is 0 Å². The molecule has 1 aromatic heterocycles. The lowest BCUT2D eigenvalue weighted by Crippen LogP contribution is -2.22. The summed E-state index contributed by atoms with van der Waals surface area (Å²) < 4.78 is 9.91. The monoisotopic (exact) mass is 402 g/mol. The van der Waals surface area contributed by atoms with Crippen LogP contribution < -0.4 is 4.74 Å². The van der Waals surface area contributed by atoms with E-state index < -0.39 is 0 Å². The Balaban J connectivity index is 1.82. The van der Waals surface area contributed by atoms with Crippen LogP contribution in [0.5, 0.6) is 5.75 Å². The lowest BCUT2D eigenvalue weighted by Gasteiger charge is -2.16. The van der Waals surface area contributed by atoms with Crippen LogP contribution in [0.4, 0.5) is 0 Å². The zero-order valence-corrected chi connectivity index (χ0v) is 17.3. The zero-order valence-electron chi connectivity index (χ0n) is 15.7. The van der Waals surface area contributed by atoms with Gasteiger partial charge in [0.2, 0.25) is 0 Å². The molecule has 0 spiro atoms. The fourth-order valence-corrected chi connectivity index (χ4v) is 3.43. The first-order valence-electron chi connectivity index (χ1n) is 8.77. The lowest BCUT2D eigenvalue weighted by atomic mass is 10.2. The van der Waals surface area contributed by atoms with E-state index in [0.29, 0.717) is 16.5 Å². The minimum Gasteiger partial charge on any atom is -0.497 e. The molecule has 0 radical (unpaired) electrons. The van der Waals surface area contributed by atoms with Crippen LogP contribution >= 0.6 is 23.8 Å². The Morgan fingerprint density at radius 1 is 1.19 bits per heavy atom. The fraction of sp³-hybridized carbons (Fsp3) is 0.300. The van der Waals surface area contributed by atoms with Gasteiger partial charge in [-0.2, -0.15) is 5.10 Å². The molecule has 27 heavy (non-hydrogen) atoms. The second kappa shape index (κ2) is 8.69. The van der Waals surface area contributed by atoms with Gasteiger partial charge in [-0.1, -0.05) is 23.7 Å². The van der Waals surface area contributed by atoms with Gasteiger partial charge in [0.15, 0.2) is 10.6 Å². The summed E-state index contributed by atoms with van der Waals surface area (Å²) in [5, 5.41) is 5.47. The number of ether oxygens (including phenoxy) is 1. The summed E-state index contributed by atoms with van der Waals surface area (Å²) in [6.07, 6.45) is 0. The van der Waals surface area contributed by atoms with Crippen molar-refractivity contribution < 1.29 is 4.74 Å². The molecule has 0 aliphatic carbocycles. The van der Waals surface area contributed by atoms with Crippen molar-refractivity contribution in [2.45, 2.75) is 26.7 Å². The molecule has 0 amide bonds. The van der Waals surface area contributed by atoms with Gasteiger partial charge in [-0.25, -0.2) is 4.68 Å². The maximum Gasteiger partial charge on any atom is 0.199 e. The molecular weight excluding hydrogens is 380 g/mol. The number of hydrogen-bond donors (Lipinski definition) is 0. The number of benzene rings is 2. The molecule has 142 valence electrons. The average molecular weight is 403 g/mol. The Morgan fingerprint density at radius 2 is 1.93 bits per heavy atom. The van der Waals surface area contributed by atoms with E-state index in [1.807, 2.05) is 58.8 Å². The highest BCUT2D eigenvalue weighted by Crippen LogP contribution is 2.21. The normalized spacial score (nSPS) is 11.1. The molecular formula is C20H23ClN4OS. The predicted molar refractivity (Wildman–Crippen MR) is 112 cm³/mol. The number of hydrogen-bond acceptors (Lipinski definition) is 4. The Bertz CT molecular complexity index is 965. The standard InChI is InChI=1S/C20H23ClN4OS/c1-4-24-19(16-8-10-17(21)11-9-16)22-25(20(24)27)14-23(2)13-15-6-5-7-18(12-15)26-3/h5-12H,4,13-14H2,1-3H3. The predicted octanol–water partition coefficient (Wildman–Crippen LogP) is 4.85. The third kappa shape index (κ3) is 4.58. The van der Waals surface area contributed by atoms with E-state index in [0.717, 1.165) is 30.2 Å². The van der Waals surface area contributed by atoms with Crippen molar-refractivity contribution >= 4 is 23.8 Å². The second-order valence-electron chi connectivity index (χ2n) is 6.36. The van der Waals surface area contributed by atoms with Crippen molar-refractivity contribution in [3.8, 4) is 17.1 Å². The SMILES string of the molecule is CCn1c(-c2ccc(Cl)cc2)nn(CN(C)Cc2cccc(OC)c2)c1=S. The zero-order chi connectivity index (χ0) is 19.4. The van der Waals surface area contributed by atoms with E-state index in [1.54, 1.807) is 7.11 Å². The van der Waals surface area contributed by atoms with Crippen LogP contribution in [0.1, 0.15) is 12.5 Å². The average Bonchev–Trinajstić information content (AvgIpc) is 2.97. The van der Waals surface area contributed by atoms with E-state index in [4.69, 9.17) is 33.7 Å². The fourth-order valence-electron chi connectivity index (χ4n) is 2.99. The number of methoxy groups -OCH3 is 1. The molecule has 1 heterocycles. The van der Waals surface area contributed by atoms with E-state index in [2.05, 4.69) is 17.9 Å². The molecule has 0 aliphatic heterocycles. The van der Waals surface area contributed by atoms with Crippen molar-refractivity contribution in [2.75, 3.05) is 14.2 Å². The van der Waals surface area contributed by atoms with Crippen LogP contribution in [-0.2, 0) is 19.8 Å². The summed E-state index contributed by atoms with van der Waals surface area (Å²) in [5.74, 6) is 1.71. The van der Waals surface area contributed by atoms with Crippen LogP contribution in [0.25, 0.3) is 11.4 Å². The smallest absolute Gasteiger partial charge is 0.199 e. The number of nitrogens with zero attached hydrogens (tertiary/aromatic N) is 4. The summed E-state index contributed by atoms with van der Waals surface area (Å²) in [7, 11) is 3.73. The molecule has 2 aromatic carbocycles. The molecule has 0 unspecified atom stereocenters. The first-order valence-corrected chi connectivity index (χ1v) is 9.55. The van der Waals surface area contributed by atoms with Crippen LogP contribution in [0.2, 0.25) is 5.02 Å². The molecule has 5 nitrogen and oxygen atoms in total. The Labute approximate surface area is 169 Å². The highest BCUT2D eigenvalue weighted by atomic mass is 35.5. The number of halogens is 1. The molecule has 0 N–H and O–H groups in total. The third-order valence-corrected chi connectivity index (χ3v) is 4.99. The highest BCUT2D eigenvalue weighted by Gasteiger charge is 2.13. The van der Waals surface area contributed by atoms with Gasteiger partial charge >= 0.3 is 0 Å². The largest absolute Gasteiger partial charge is 0.497 e. The molecule has 0 bridgehead atoms. The summed E-state index contributed by atoms with van der Waals surface area (Å²) >= 11 is 11.7. The first-order chi connectivity index (χ1) is 13.0. The van der Waals surface area contributed by atoms with E-state index in [9.17, 15) is 0 Å². The number of aromatic nitrogens is 3. The van der Waals surface area contributed by atoms with Crippen LogP contribution in [0.15, 0.2) is 48.5 Å². The van der Waals surface area contributed by atoms with E-state index in [1.165, 1.54) is 5.56 Å². The van der Waals surface area contributed by atoms with Gasteiger partial charge in [-0.05, 0) is 68.2 Å². The summed E-state index contributed by atoms with van der Waals surface area (Å²) in [6.45, 7) is 4.20. The van der Waals surface area contributed by atoms with Crippen molar-refractivity contribution in [2.24, 2.45) is 0 Å². The van der Waals surface area contributed by atoms with E-state index in [-0.39, 0.29) is 0 Å². The topological polar surface area (TPSA) is 35.2 Å². The maximum absolute atomic E-state index is 6.01. The summed E-state index contributed by atoms with van der Waals surface area (Å²) in [6, 6.07) is 15.7. The van der Waals surface area contributed by atoms with Crippen molar-refractivity contribution in [3.05, 3.63) is 63.9 Å². The van der Waals surface area contributed by atoms with Gasteiger partial charge in [0.1, 0.15) is 5.75 Å². The van der Waals surface area contributed by atoms with Gasteiger partial charge in [0, 0.05) is 23.7 Å². The molecule has 7 heteroatoms. The molecule has 0 saturated heterocycles. The second-order valence-corrected chi connectivity index (χ2v) is 7.17. The van der Waals surface area contributed by atoms with Gasteiger partial charge in [-0.15, -0.1) is 0 Å². The van der Waals surface area contributed by atoms with Crippen LogP contribution in [-0.4, -0.2) is 33.4 Å². The molecule has 3 rings (SSSR count). The lowest BCUT2D eigenvalue weighted by molar-refractivity contribution is 0.243. The maximum atomic E-state index is 6.01. The van der Waals surface area contributed by atoms with Crippen LogP contribution in [0.3, 0.4) is 0 Å². The molecule has 0 aliphatic rings. The minimum absolute atomic E-state index is 0.601. The Hall–Kier alpha value is -2.15. The Kier molecular flexibility index (Phi) is 6.31. The summed E-state index contributed by atoms with van der Waals surface area (Å²) in [4.78, 5) is 2.17. The number of rotatable bonds is 7. The third-order valence-electron chi connectivity index (χ3n) is 4.30. The molecule has 3 aromatic rings. The van der Waals surface area contributed by atoms with Gasteiger partial charge < -0.3 is 9.30 Å². The highest BCUT2D eigenvalue weighted by molar-refractivity contribution is 7.71. The minimum atomic E-state index is 0.601. The molecule has 0 atom stereocenters. The van der Waals surface area contributed by atoms with Crippen molar-refractivity contribution in [1.29, 1.82) is 0 Å². The summed E-state index contributed by atoms with van der Waals surface area (Å²) in [5.41, 5.74) is 2.18. The molecule has 0 fully saturated rings. The first kappa shape index (κ1) is 19.6. The van der Waals surface area contributed by atoms with Crippen molar-refractivity contribution in [1.82, 2.24) is 19.2 Å². The van der Waals surface area contributed by atoms with Gasteiger partial charge in [0.25, 0.3) is 0 Å². The quantitative estimate of drug-likeness (QED) is 0.529. The molecule has 0 saturated carbocycles. The van der Waals surface area contributed by atoms with Crippen LogP contribution in [0, 0.1) is 4.77 Å². The van der Waals surface area contributed by atoms with Crippen molar-refractivity contribution in [3.63, 3.8) is 0 Å². The van der Waals surface area contributed by atoms with Gasteiger partial charge in [-0.3, -0.25) is 4.90 Å². The van der Waals surface area contributed by atoms with Gasteiger partial charge in [0.05, 0.1) is 13.8 Å².